The smallest absolute Gasteiger partial charge is 0.337 e. The van der Waals surface area contributed by atoms with Gasteiger partial charge in [-0.3, -0.25) is 4.90 Å². The van der Waals surface area contributed by atoms with Gasteiger partial charge in [0.2, 0.25) is 0 Å². The van der Waals surface area contributed by atoms with Gasteiger partial charge in [0.15, 0.2) is 0 Å². The molecule has 2 heterocycles. The largest absolute Gasteiger partial charge is 0.497 e. The molecule has 0 amide bonds. The third-order valence-corrected chi connectivity index (χ3v) is 5.73. The van der Waals surface area contributed by atoms with Gasteiger partial charge in [-0.1, -0.05) is 12.1 Å². The number of benzene rings is 2. The lowest BCUT2D eigenvalue weighted by molar-refractivity contribution is 0.0600. The zero-order valence-electron chi connectivity index (χ0n) is 16.4. The van der Waals surface area contributed by atoms with E-state index < -0.39 is 0 Å². The standard InChI is InChI=1S/C23H26N2O3/c1-27-19-7-8-22-20(13-19)21(14-24-22)17-9-11-25(12-10-17)15-16-3-5-18(6-4-16)23(26)28-2/h3-8,13-14,17,24H,9-12,15H2,1-2H3. The summed E-state index contributed by atoms with van der Waals surface area (Å²) in [5.41, 5.74) is 4.39. The molecule has 1 aliphatic heterocycles. The number of esters is 1. The average molecular weight is 378 g/mol. The lowest BCUT2D eigenvalue weighted by atomic mass is 9.89. The number of H-pyrrole nitrogens is 1. The number of rotatable bonds is 5. The molecule has 5 heteroatoms. The summed E-state index contributed by atoms with van der Waals surface area (Å²) in [6.45, 7) is 3.05. The van der Waals surface area contributed by atoms with Crippen molar-refractivity contribution in [2.45, 2.75) is 25.3 Å². The van der Waals surface area contributed by atoms with Crippen molar-refractivity contribution >= 4 is 16.9 Å². The number of aromatic nitrogens is 1. The van der Waals surface area contributed by atoms with Crippen LogP contribution in [0.2, 0.25) is 0 Å². The normalized spacial score (nSPS) is 15.6. The quantitative estimate of drug-likeness (QED) is 0.671. The van der Waals surface area contributed by atoms with Crippen molar-refractivity contribution in [3.8, 4) is 5.75 Å². The first-order valence-electron chi connectivity index (χ1n) is 9.72. The van der Waals surface area contributed by atoms with Gasteiger partial charge in [0.25, 0.3) is 0 Å². The second-order valence-corrected chi connectivity index (χ2v) is 7.39. The maximum absolute atomic E-state index is 11.6. The molecule has 0 aliphatic carbocycles. The number of carbonyl (C=O) groups is 1. The molecule has 0 saturated carbocycles. The van der Waals surface area contributed by atoms with E-state index in [1.165, 1.54) is 29.1 Å². The molecule has 4 rings (SSSR count). The van der Waals surface area contributed by atoms with Crippen molar-refractivity contribution in [3.63, 3.8) is 0 Å². The van der Waals surface area contributed by atoms with E-state index in [9.17, 15) is 4.79 Å². The first kappa shape index (κ1) is 18.6. The van der Waals surface area contributed by atoms with Gasteiger partial charge in [-0.25, -0.2) is 4.79 Å². The number of ether oxygens (including phenoxy) is 2. The van der Waals surface area contributed by atoms with Crippen LogP contribution >= 0.6 is 0 Å². The SMILES string of the molecule is COC(=O)c1ccc(CN2CCC(c3c[nH]c4ccc(OC)cc34)CC2)cc1. The van der Waals surface area contributed by atoms with Crippen LogP contribution in [0.15, 0.2) is 48.7 Å². The van der Waals surface area contributed by atoms with Gasteiger partial charge in [0, 0.05) is 23.6 Å². The molecule has 0 radical (unpaired) electrons. The van der Waals surface area contributed by atoms with Crippen molar-refractivity contribution in [3.05, 3.63) is 65.4 Å². The summed E-state index contributed by atoms with van der Waals surface area (Å²) in [6.07, 6.45) is 4.45. The Balaban J connectivity index is 1.39. The Morgan fingerprint density at radius 3 is 2.54 bits per heavy atom. The fourth-order valence-corrected chi connectivity index (χ4v) is 4.11. The fraction of sp³-hybridized carbons (Fsp3) is 0.348. The van der Waals surface area contributed by atoms with Gasteiger partial charge in [-0.2, -0.15) is 0 Å². The third-order valence-electron chi connectivity index (χ3n) is 5.73. The highest BCUT2D eigenvalue weighted by Gasteiger charge is 2.23. The molecule has 0 spiro atoms. The zero-order chi connectivity index (χ0) is 19.5. The highest BCUT2D eigenvalue weighted by molar-refractivity contribution is 5.89. The van der Waals surface area contributed by atoms with Gasteiger partial charge in [-0.05, 0) is 73.3 Å². The van der Waals surface area contributed by atoms with E-state index >= 15 is 0 Å². The van der Waals surface area contributed by atoms with Crippen molar-refractivity contribution in [1.82, 2.24) is 9.88 Å². The molecule has 5 nitrogen and oxygen atoms in total. The van der Waals surface area contributed by atoms with Gasteiger partial charge >= 0.3 is 5.97 Å². The number of methoxy groups -OCH3 is 2. The van der Waals surface area contributed by atoms with E-state index in [0.717, 1.165) is 38.2 Å². The van der Waals surface area contributed by atoms with Crippen LogP contribution in [0.3, 0.4) is 0 Å². The molecule has 1 aliphatic rings. The van der Waals surface area contributed by atoms with Crippen LogP contribution in [-0.2, 0) is 11.3 Å². The summed E-state index contributed by atoms with van der Waals surface area (Å²) in [5, 5.41) is 1.27. The first-order chi connectivity index (χ1) is 13.7. The molecule has 146 valence electrons. The average Bonchev–Trinajstić information content (AvgIpc) is 3.17. The molecule has 2 aromatic carbocycles. The lowest BCUT2D eigenvalue weighted by Gasteiger charge is -2.32. The van der Waals surface area contributed by atoms with Gasteiger partial charge in [0.05, 0.1) is 19.8 Å². The second kappa shape index (κ2) is 8.07. The minimum Gasteiger partial charge on any atom is -0.497 e. The van der Waals surface area contributed by atoms with Crippen molar-refractivity contribution < 1.29 is 14.3 Å². The van der Waals surface area contributed by atoms with E-state index in [0.29, 0.717) is 11.5 Å². The summed E-state index contributed by atoms with van der Waals surface area (Å²) in [5.74, 6) is 1.18. The van der Waals surface area contributed by atoms with E-state index in [1.807, 2.05) is 30.3 Å². The summed E-state index contributed by atoms with van der Waals surface area (Å²) < 4.78 is 10.2. The number of carbonyl (C=O) groups excluding carboxylic acids is 1. The zero-order valence-corrected chi connectivity index (χ0v) is 16.4. The Morgan fingerprint density at radius 1 is 1.11 bits per heavy atom. The van der Waals surface area contributed by atoms with Crippen LogP contribution in [0.25, 0.3) is 10.9 Å². The van der Waals surface area contributed by atoms with E-state index in [4.69, 9.17) is 9.47 Å². The molecular weight excluding hydrogens is 352 g/mol. The number of hydrogen-bond acceptors (Lipinski definition) is 4. The molecule has 1 saturated heterocycles. The highest BCUT2D eigenvalue weighted by atomic mass is 16.5. The Hall–Kier alpha value is -2.79. The minimum absolute atomic E-state index is 0.289. The molecule has 0 atom stereocenters. The van der Waals surface area contributed by atoms with Crippen molar-refractivity contribution in [1.29, 1.82) is 0 Å². The number of nitrogens with zero attached hydrogens (tertiary/aromatic N) is 1. The fourth-order valence-electron chi connectivity index (χ4n) is 4.11. The lowest BCUT2D eigenvalue weighted by Crippen LogP contribution is -2.32. The summed E-state index contributed by atoms with van der Waals surface area (Å²) in [4.78, 5) is 17.4. The van der Waals surface area contributed by atoms with Crippen molar-refractivity contribution in [2.75, 3.05) is 27.3 Å². The van der Waals surface area contributed by atoms with Crippen LogP contribution in [0.4, 0.5) is 0 Å². The first-order valence-corrected chi connectivity index (χ1v) is 9.72. The number of piperidine rings is 1. The maximum Gasteiger partial charge on any atom is 0.337 e. The second-order valence-electron chi connectivity index (χ2n) is 7.39. The molecule has 1 aromatic heterocycles. The van der Waals surface area contributed by atoms with Crippen LogP contribution in [0.5, 0.6) is 5.75 Å². The predicted octanol–water partition coefficient (Wildman–Crippen LogP) is 4.34. The summed E-state index contributed by atoms with van der Waals surface area (Å²) in [6, 6.07) is 13.9. The molecule has 0 bridgehead atoms. The summed E-state index contributed by atoms with van der Waals surface area (Å²) in [7, 11) is 3.12. The predicted molar refractivity (Wildman–Crippen MR) is 110 cm³/mol. The van der Waals surface area contributed by atoms with Gasteiger partial charge in [-0.15, -0.1) is 0 Å². The van der Waals surface area contributed by atoms with Crippen molar-refractivity contribution in [2.24, 2.45) is 0 Å². The van der Waals surface area contributed by atoms with Gasteiger partial charge < -0.3 is 14.5 Å². The third kappa shape index (κ3) is 3.76. The molecule has 1 N–H and O–H groups in total. The number of nitrogens with one attached hydrogen (secondary N) is 1. The Bertz CT molecular complexity index is 954. The highest BCUT2D eigenvalue weighted by Crippen LogP contribution is 2.35. The van der Waals surface area contributed by atoms with Crippen LogP contribution in [0.1, 0.15) is 40.2 Å². The van der Waals surface area contributed by atoms with Crippen LogP contribution in [-0.4, -0.2) is 43.2 Å². The summed E-state index contributed by atoms with van der Waals surface area (Å²) >= 11 is 0. The van der Waals surface area contributed by atoms with Crippen LogP contribution < -0.4 is 4.74 Å². The number of fused-ring (bicyclic) bond motifs is 1. The number of hydrogen-bond donors (Lipinski definition) is 1. The van der Waals surface area contributed by atoms with Crippen LogP contribution in [0, 0.1) is 0 Å². The topological polar surface area (TPSA) is 54.6 Å². The van der Waals surface area contributed by atoms with E-state index in [-0.39, 0.29) is 5.97 Å². The maximum atomic E-state index is 11.6. The number of likely N-dealkylation sites (tertiary alicyclic amines) is 1. The van der Waals surface area contributed by atoms with Gasteiger partial charge in [0.1, 0.15) is 5.75 Å². The minimum atomic E-state index is -0.289. The Kier molecular flexibility index (Phi) is 5.35. The molecule has 28 heavy (non-hydrogen) atoms. The molecule has 0 unspecified atom stereocenters. The van der Waals surface area contributed by atoms with E-state index in [2.05, 4.69) is 28.2 Å². The molecule has 1 fully saturated rings. The Morgan fingerprint density at radius 2 is 1.86 bits per heavy atom. The molecule has 3 aromatic rings. The van der Waals surface area contributed by atoms with E-state index in [1.54, 1.807) is 7.11 Å². The monoisotopic (exact) mass is 378 g/mol. The molecular formula is C23H26N2O3. The number of aromatic amines is 1. The Labute approximate surface area is 165 Å².